The van der Waals surface area contributed by atoms with Gasteiger partial charge in [-0.1, -0.05) is 87.7 Å². The van der Waals surface area contributed by atoms with Crippen molar-refractivity contribution in [3.8, 4) is 0 Å². The maximum Gasteiger partial charge on any atom is 0.0162 e. The first kappa shape index (κ1) is 34.5. The van der Waals surface area contributed by atoms with Crippen molar-refractivity contribution in [2.75, 3.05) is 26.2 Å². The molecular formula is C22H44N2S4Zn-2. The second-order valence-electron chi connectivity index (χ2n) is 7.33. The summed E-state index contributed by atoms with van der Waals surface area (Å²) < 4.78 is 1.30. The molecule has 0 aliphatic carbocycles. The number of hydrogen-bond acceptors (Lipinski definition) is 4. The third kappa shape index (κ3) is 25.0. The molecule has 0 aromatic heterocycles. The fourth-order valence-electron chi connectivity index (χ4n) is 2.80. The van der Waals surface area contributed by atoms with Crippen LogP contribution in [0.4, 0.5) is 0 Å². The SMILES string of the molecule is CCCCCN(CCCCC)C(=S)[S-].CCCCCN(CCCCC)C(=S)[S-].[Zn]. The maximum atomic E-state index is 5.06. The van der Waals surface area contributed by atoms with Crippen LogP contribution in [0.25, 0.3) is 0 Å². The molecule has 0 aliphatic heterocycles. The summed E-state index contributed by atoms with van der Waals surface area (Å²) in [6, 6.07) is 0. The van der Waals surface area contributed by atoms with Gasteiger partial charge < -0.3 is 59.5 Å². The van der Waals surface area contributed by atoms with E-state index in [9.17, 15) is 0 Å². The molecule has 0 aromatic carbocycles. The average molecular weight is 530 g/mol. The summed E-state index contributed by atoms with van der Waals surface area (Å²) in [5.74, 6) is 0. The normalized spacial score (nSPS) is 9.79. The molecule has 0 rings (SSSR count). The van der Waals surface area contributed by atoms with Crippen molar-refractivity contribution in [3.05, 3.63) is 0 Å². The van der Waals surface area contributed by atoms with Gasteiger partial charge in [0.2, 0.25) is 0 Å². The fourth-order valence-corrected chi connectivity index (χ4v) is 3.53. The second kappa shape index (κ2) is 26.9. The van der Waals surface area contributed by atoms with Gasteiger partial charge in [-0.25, -0.2) is 0 Å². The van der Waals surface area contributed by atoms with Crippen LogP contribution in [0.15, 0.2) is 0 Å². The Morgan fingerprint density at radius 2 is 0.724 bits per heavy atom. The molecule has 0 heterocycles. The number of rotatable bonds is 16. The molecule has 7 heteroatoms. The molecular weight excluding hydrogens is 486 g/mol. The third-order valence-corrected chi connectivity index (χ3v) is 5.68. The minimum Gasteiger partial charge on any atom is -0.411 e. The van der Waals surface area contributed by atoms with Gasteiger partial charge in [0.15, 0.2) is 0 Å². The van der Waals surface area contributed by atoms with Crippen molar-refractivity contribution in [1.29, 1.82) is 0 Å². The van der Waals surface area contributed by atoms with Crippen LogP contribution in [0.1, 0.15) is 105 Å². The largest absolute Gasteiger partial charge is 0.411 e. The second-order valence-corrected chi connectivity index (χ2v) is 9.40. The summed E-state index contributed by atoms with van der Waals surface area (Å²) in [5, 5.41) is 0. The van der Waals surface area contributed by atoms with Crippen LogP contribution in [0, 0.1) is 0 Å². The van der Waals surface area contributed by atoms with Crippen molar-refractivity contribution in [2.45, 2.75) is 105 Å². The number of nitrogens with zero attached hydrogens (tertiary/aromatic N) is 2. The first-order chi connectivity index (χ1) is 13.4. The Bertz CT molecular complexity index is 317. The predicted molar refractivity (Wildman–Crippen MR) is 141 cm³/mol. The molecule has 170 valence electrons. The zero-order chi connectivity index (χ0) is 21.6. The minimum absolute atomic E-state index is 0. The molecule has 0 atom stereocenters. The summed E-state index contributed by atoms with van der Waals surface area (Å²) in [4.78, 5) is 4.35. The molecule has 0 N–H and O–H groups in total. The van der Waals surface area contributed by atoms with Crippen LogP contribution in [0.5, 0.6) is 0 Å². The van der Waals surface area contributed by atoms with Crippen LogP contribution in [-0.4, -0.2) is 44.6 Å². The van der Waals surface area contributed by atoms with E-state index < -0.39 is 0 Å². The number of thiocarbonyl (C=S) groups is 2. The summed E-state index contributed by atoms with van der Waals surface area (Å²) in [7, 11) is 0. The molecule has 0 saturated carbocycles. The quantitative estimate of drug-likeness (QED) is 0.0912. The van der Waals surface area contributed by atoms with Crippen LogP contribution < -0.4 is 0 Å². The first-order valence-electron chi connectivity index (χ1n) is 11.4. The monoisotopic (exact) mass is 528 g/mol. The topological polar surface area (TPSA) is 6.48 Å². The Morgan fingerprint density at radius 3 is 0.862 bits per heavy atom. The molecule has 0 spiro atoms. The Labute approximate surface area is 217 Å². The summed E-state index contributed by atoms with van der Waals surface area (Å²) in [6.07, 6.45) is 15.0. The van der Waals surface area contributed by atoms with E-state index in [-0.39, 0.29) is 19.5 Å². The van der Waals surface area contributed by atoms with Crippen LogP contribution >= 0.6 is 24.4 Å². The Hall–Kier alpha value is 0.843. The zero-order valence-electron chi connectivity index (χ0n) is 19.5. The van der Waals surface area contributed by atoms with Gasteiger partial charge >= 0.3 is 0 Å². The van der Waals surface area contributed by atoms with Crippen molar-refractivity contribution in [1.82, 2.24) is 9.80 Å². The Morgan fingerprint density at radius 1 is 0.517 bits per heavy atom. The molecule has 29 heavy (non-hydrogen) atoms. The van der Waals surface area contributed by atoms with Gasteiger partial charge in [-0.2, -0.15) is 0 Å². The molecule has 2 nitrogen and oxygen atoms in total. The van der Waals surface area contributed by atoms with Gasteiger partial charge in [0.1, 0.15) is 0 Å². The zero-order valence-corrected chi connectivity index (χ0v) is 25.8. The van der Waals surface area contributed by atoms with E-state index in [1.54, 1.807) is 0 Å². The van der Waals surface area contributed by atoms with Gasteiger partial charge in [-0.15, -0.1) is 0 Å². The smallest absolute Gasteiger partial charge is 0.0162 e. The fraction of sp³-hybridized carbons (Fsp3) is 0.909. The van der Waals surface area contributed by atoms with E-state index in [2.05, 4.69) is 37.5 Å². The van der Waals surface area contributed by atoms with E-state index in [1.807, 2.05) is 0 Å². The summed E-state index contributed by atoms with van der Waals surface area (Å²) in [5.41, 5.74) is 0. The van der Waals surface area contributed by atoms with Gasteiger partial charge in [-0.3, -0.25) is 0 Å². The maximum absolute atomic E-state index is 5.06. The van der Waals surface area contributed by atoms with Gasteiger partial charge in [-0.05, 0) is 25.7 Å². The standard InChI is InChI=1S/2C11H23NS2.Zn/c2*1-3-5-7-9-12(11(13)14)10-8-6-4-2;/h2*3-10H2,1-2H3,(H,13,14);/p-2. The van der Waals surface area contributed by atoms with Gasteiger partial charge in [0.05, 0.1) is 0 Å². The van der Waals surface area contributed by atoms with Crippen LogP contribution in [0.2, 0.25) is 0 Å². The molecule has 0 saturated heterocycles. The van der Waals surface area contributed by atoms with Crippen molar-refractivity contribution < 1.29 is 19.5 Å². The molecule has 0 aliphatic rings. The molecule has 0 amide bonds. The van der Waals surface area contributed by atoms with E-state index >= 15 is 0 Å². The molecule has 0 unspecified atom stereocenters. The van der Waals surface area contributed by atoms with Crippen molar-refractivity contribution in [2.24, 2.45) is 0 Å². The van der Waals surface area contributed by atoms with Crippen molar-refractivity contribution >= 4 is 58.3 Å². The van der Waals surface area contributed by atoms with Crippen molar-refractivity contribution in [3.63, 3.8) is 0 Å². The van der Waals surface area contributed by atoms with E-state index in [1.165, 1.54) is 77.0 Å². The molecule has 0 bridgehead atoms. The third-order valence-electron chi connectivity index (χ3n) is 4.64. The number of hydrogen-bond donors (Lipinski definition) is 0. The van der Waals surface area contributed by atoms with E-state index in [0.717, 1.165) is 26.2 Å². The molecule has 0 fully saturated rings. The molecule has 0 radical (unpaired) electrons. The Kier molecular flexibility index (Phi) is 31.9. The summed E-state index contributed by atoms with van der Waals surface area (Å²) >= 11 is 20.2. The van der Waals surface area contributed by atoms with Crippen LogP contribution in [-0.2, 0) is 44.7 Å². The predicted octanol–water partition coefficient (Wildman–Crippen LogP) is 7.00. The Balaban J connectivity index is -0.000000451. The minimum atomic E-state index is 0. The summed E-state index contributed by atoms with van der Waals surface area (Å²) in [6.45, 7) is 13.1. The van der Waals surface area contributed by atoms with E-state index in [0.29, 0.717) is 8.64 Å². The van der Waals surface area contributed by atoms with Gasteiger partial charge in [0, 0.05) is 45.7 Å². The first-order valence-corrected chi connectivity index (χ1v) is 13.0. The number of unbranched alkanes of at least 4 members (excludes halogenated alkanes) is 8. The van der Waals surface area contributed by atoms with Gasteiger partial charge in [0.25, 0.3) is 0 Å². The molecule has 0 aromatic rings. The van der Waals surface area contributed by atoms with Crippen LogP contribution in [0.3, 0.4) is 0 Å². The van der Waals surface area contributed by atoms with E-state index in [4.69, 9.17) is 49.7 Å². The average Bonchev–Trinajstić information content (AvgIpc) is 2.66.